The van der Waals surface area contributed by atoms with E-state index in [-0.39, 0.29) is 30.8 Å². The molecule has 1 aromatic rings. The van der Waals surface area contributed by atoms with Gasteiger partial charge in [0, 0.05) is 17.8 Å². The van der Waals surface area contributed by atoms with Crippen LogP contribution in [0.2, 0.25) is 0 Å². The van der Waals surface area contributed by atoms with E-state index in [1.165, 1.54) is 19.3 Å². The molecule has 1 aromatic carbocycles. The molecule has 128 valence electrons. The fraction of sp³-hybridized carbons (Fsp3) is 0.529. The zero-order valence-corrected chi connectivity index (χ0v) is 14.4. The molecule has 2 rings (SSSR count). The van der Waals surface area contributed by atoms with Crippen molar-refractivity contribution in [1.82, 2.24) is 5.32 Å². The molecule has 1 aliphatic carbocycles. The molecule has 4 N–H and O–H groups in total. The highest BCUT2D eigenvalue weighted by atomic mass is 35.5. The summed E-state index contributed by atoms with van der Waals surface area (Å²) in [6, 6.07) is 5.36. The van der Waals surface area contributed by atoms with Crippen LogP contribution < -0.4 is 16.4 Å². The maximum Gasteiger partial charge on any atom is 0.243 e. The highest BCUT2D eigenvalue weighted by molar-refractivity contribution is 5.95. The van der Waals surface area contributed by atoms with Crippen LogP contribution in [0, 0.1) is 12.8 Å². The van der Waals surface area contributed by atoms with E-state index >= 15 is 0 Å². The number of carbonyl (C=O) groups is 2. The second-order valence-corrected chi connectivity index (χ2v) is 6.11. The number of amides is 2. The van der Waals surface area contributed by atoms with Gasteiger partial charge in [0.15, 0.2) is 0 Å². The van der Waals surface area contributed by atoms with Gasteiger partial charge in [0.1, 0.15) is 0 Å². The van der Waals surface area contributed by atoms with Crippen LogP contribution in [0.25, 0.3) is 0 Å². The molecule has 5 nitrogen and oxygen atoms in total. The second kappa shape index (κ2) is 9.40. The monoisotopic (exact) mass is 339 g/mol. The van der Waals surface area contributed by atoms with Gasteiger partial charge in [-0.3, -0.25) is 9.59 Å². The first-order valence-electron chi connectivity index (χ1n) is 7.97. The molecule has 0 heterocycles. The number of aryl methyl sites for hydroxylation is 1. The third-order valence-corrected chi connectivity index (χ3v) is 4.18. The molecule has 1 fully saturated rings. The summed E-state index contributed by atoms with van der Waals surface area (Å²) >= 11 is 0. The van der Waals surface area contributed by atoms with Gasteiger partial charge < -0.3 is 16.4 Å². The maximum atomic E-state index is 11.9. The Balaban J connectivity index is 0.00000264. The lowest BCUT2D eigenvalue weighted by atomic mass is 9.87. The van der Waals surface area contributed by atoms with Crippen molar-refractivity contribution in [3.8, 4) is 0 Å². The molecular weight excluding hydrogens is 314 g/mol. The third-order valence-electron chi connectivity index (χ3n) is 4.18. The summed E-state index contributed by atoms with van der Waals surface area (Å²) in [6.07, 6.45) is 6.50. The molecule has 0 saturated heterocycles. The van der Waals surface area contributed by atoms with Crippen molar-refractivity contribution < 1.29 is 9.59 Å². The minimum atomic E-state index is -0.231. The largest absolute Gasteiger partial charge is 0.399 e. The van der Waals surface area contributed by atoms with Crippen LogP contribution in [0.1, 0.15) is 44.1 Å². The second-order valence-electron chi connectivity index (χ2n) is 6.11. The van der Waals surface area contributed by atoms with Crippen LogP contribution in [0.3, 0.4) is 0 Å². The Labute approximate surface area is 143 Å². The average molecular weight is 340 g/mol. The third kappa shape index (κ3) is 6.48. The van der Waals surface area contributed by atoms with E-state index in [4.69, 9.17) is 5.73 Å². The Morgan fingerprint density at radius 3 is 2.57 bits per heavy atom. The predicted octanol–water partition coefficient (Wildman–Crippen LogP) is 3.02. The molecule has 0 aliphatic heterocycles. The van der Waals surface area contributed by atoms with Gasteiger partial charge in [-0.2, -0.15) is 0 Å². The lowest BCUT2D eigenvalue weighted by molar-refractivity contribution is -0.125. The Bertz CT molecular complexity index is 543. The first-order chi connectivity index (χ1) is 10.5. The quantitative estimate of drug-likeness (QED) is 0.721. The molecular formula is C17H26ClN3O2. The normalized spacial score (nSPS) is 14.7. The van der Waals surface area contributed by atoms with Gasteiger partial charge in [-0.1, -0.05) is 25.3 Å². The van der Waals surface area contributed by atoms with Crippen molar-refractivity contribution in [2.24, 2.45) is 5.92 Å². The van der Waals surface area contributed by atoms with Gasteiger partial charge in [0.05, 0.1) is 6.54 Å². The standard InChI is InChI=1S/C17H25N3O2.ClH/c1-12-7-8-14(18)10-15(12)20-17(22)11-19-16(21)9-13-5-3-2-4-6-13;/h7-8,10,13H,2-6,9,11,18H2,1H3,(H,19,21)(H,20,22);1H. The summed E-state index contributed by atoms with van der Waals surface area (Å²) in [7, 11) is 0. The Morgan fingerprint density at radius 2 is 1.87 bits per heavy atom. The van der Waals surface area contributed by atoms with E-state index in [2.05, 4.69) is 10.6 Å². The van der Waals surface area contributed by atoms with Crippen molar-refractivity contribution in [3.63, 3.8) is 0 Å². The number of hydrogen-bond donors (Lipinski definition) is 3. The number of hydrogen-bond acceptors (Lipinski definition) is 3. The number of carbonyl (C=O) groups excluding carboxylic acids is 2. The number of nitrogens with one attached hydrogen (secondary N) is 2. The van der Waals surface area contributed by atoms with Gasteiger partial charge in [-0.25, -0.2) is 0 Å². The van der Waals surface area contributed by atoms with Crippen molar-refractivity contribution >= 4 is 35.6 Å². The number of benzene rings is 1. The summed E-state index contributed by atoms with van der Waals surface area (Å²) < 4.78 is 0. The van der Waals surface area contributed by atoms with Crippen LogP contribution in [0.5, 0.6) is 0 Å². The minimum absolute atomic E-state index is 0. The van der Waals surface area contributed by atoms with Crippen LogP contribution in [-0.2, 0) is 9.59 Å². The predicted molar refractivity (Wildman–Crippen MR) is 95.7 cm³/mol. The topological polar surface area (TPSA) is 84.2 Å². The molecule has 0 radical (unpaired) electrons. The van der Waals surface area contributed by atoms with Crippen LogP contribution in [0.4, 0.5) is 11.4 Å². The molecule has 0 aromatic heterocycles. The summed E-state index contributed by atoms with van der Waals surface area (Å²) in [5, 5.41) is 5.48. The van der Waals surface area contributed by atoms with Gasteiger partial charge in [0.25, 0.3) is 0 Å². The van der Waals surface area contributed by atoms with E-state index in [0.29, 0.717) is 23.7 Å². The maximum absolute atomic E-state index is 11.9. The fourth-order valence-corrected chi connectivity index (χ4v) is 2.87. The van der Waals surface area contributed by atoms with Crippen molar-refractivity contribution in [3.05, 3.63) is 23.8 Å². The smallest absolute Gasteiger partial charge is 0.243 e. The lowest BCUT2D eigenvalue weighted by Crippen LogP contribution is -2.34. The molecule has 0 spiro atoms. The van der Waals surface area contributed by atoms with Crippen molar-refractivity contribution in [2.75, 3.05) is 17.6 Å². The van der Waals surface area contributed by atoms with Crippen LogP contribution in [-0.4, -0.2) is 18.4 Å². The number of nitrogen functional groups attached to an aromatic ring is 1. The summed E-state index contributed by atoms with van der Waals surface area (Å²) in [4.78, 5) is 23.8. The highest BCUT2D eigenvalue weighted by Gasteiger charge is 2.17. The molecule has 0 unspecified atom stereocenters. The number of nitrogens with two attached hydrogens (primary N) is 1. The SMILES string of the molecule is Cc1ccc(N)cc1NC(=O)CNC(=O)CC1CCCCC1.Cl. The molecule has 2 amide bonds. The summed E-state index contributed by atoms with van der Waals surface area (Å²) in [6.45, 7) is 1.90. The van der Waals surface area contributed by atoms with Crippen LogP contribution in [0.15, 0.2) is 18.2 Å². The average Bonchev–Trinajstić information content (AvgIpc) is 2.50. The van der Waals surface area contributed by atoms with E-state index in [0.717, 1.165) is 18.4 Å². The molecule has 1 saturated carbocycles. The van der Waals surface area contributed by atoms with E-state index in [1.54, 1.807) is 12.1 Å². The molecule has 1 aliphatic rings. The first kappa shape index (κ1) is 19.3. The van der Waals surface area contributed by atoms with Crippen LogP contribution >= 0.6 is 12.4 Å². The Morgan fingerprint density at radius 1 is 1.17 bits per heavy atom. The van der Waals surface area contributed by atoms with Crippen molar-refractivity contribution in [2.45, 2.75) is 45.4 Å². The van der Waals surface area contributed by atoms with Gasteiger partial charge in [-0.05, 0) is 43.4 Å². The summed E-state index contributed by atoms with van der Waals surface area (Å²) in [5.41, 5.74) is 7.94. The highest BCUT2D eigenvalue weighted by Crippen LogP contribution is 2.26. The first-order valence-corrected chi connectivity index (χ1v) is 7.97. The van der Waals surface area contributed by atoms with Gasteiger partial charge >= 0.3 is 0 Å². The van der Waals surface area contributed by atoms with Gasteiger partial charge in [0.2, 0.25) is 11.8 Å². The zero-order chi connectivity index (χ0) is 15.9. The fourth-order valence-electron chi connectivity index (χ4n) is 2.87. The lowest BCUT2D eigenvalue weighted by Gasteiger charge is -2.20. The van der Waals surface area contributed by atoms with E-state index < -0.39 is 0 Å². The molecule has 23 heavy (non-hydrogen) atoms. The Hall–Kier alpha value is -1.75. The number of halogens is 1. The number of rotatable bonds is 5. The van der Waals surface area contributed by atoms with Gasteiger partial charge in [-0.15, -0.1) is 12.4 Å². The Kier molecular flexibility index (Phi) is 7.89. The molecule has 0 bridgehead atoms. The summed E-state index contributed by atoms with van der Waals surface area (Å²) in [5.74, 6) is 0.213. The molecule has 6 heteroatoms. The zero-order valence-electron chi connectivity index (χ0n) is 13.6. The van der Waals surface area contributed by atoms with E-state index in [1.807, 2.05) is 13.0 Å². The number of anilines is 2. The van der Waals surface area contributed by atoms with Crippen molar-refractivity contribution in [1.29, 1.82) is 0 Å². The molecule has 0 atom stereocenters. The minimum Gasteiger partial charge on any atom is -0.399 e. The van der Waals surface area contributed by atoms with E-state index in [9.17, 15) is 9.59 Å².